The van der Waals surface area contributed by atoms with E-state index in [0.29, 0.717) is 61.0 Å². The molecule has 0 spiro atoms. The van der Waals surface area contributed by atoms with Gasteiger partial charge in [-0.05, 0) is 82.5 Å². The number of esters is 1. The van der Waals surface area contributed by atoms with E-state index < -0.39 is 30.7 Å². The highest BCUT2D eigenvalue weighted by molar-refractivity contribution is 7.54. The fourth-order valence-electron chi connectivity index (χ4n) is 6.42. The normalized spacial score (nSPS) is 16.0. The van der Waals surface area contributed by atoms with Crippen LogP contribution in [0.1, 0.15) is 108 Å². The van der Waals surface area contributed by atoms with E-state index in [1.54, 1.807) is 13.8 Å². The van der Waals surface area contributed by atoms with Crippen LogP contribution in [0.25, 0.3) is 10.1 Å². The number of alkyl halides is 2. The zero-order chi connectivity index (χ0) is 48.1. The van der Waals surface area contributed by atoms with Gasteiger partial charge in [-0.25, -0.2) is 0 Å². The summed E-state index contributed by atoms with van der Waals surface area (Å²) in [7, 11) is -2.87. The Morgan fingerprint density at radius 3 is 2.08 bits per heavy atom. The van der Waals surface area contributed by atoms with E-state index >= 15 is 8.78 Å². The zero-order valence-electron chi connectivity index (χ0n) is 38.5. The van der Waals surface area contributed by atoms with Crippen molar-refractivity contribution in [2.45, 2.75) is 98.1 Å². The molecular formula is C44H71F2N4O12PS. The number of benzene rings is 1. The van der Waals surface area contributed by atoms with Crippen LogP contribution in [0.5, 0.6) is 0 Å². The monoisotopic (exact) mass is 948 g/mol. The van der Waals surface area contributed by atoms with Crippen LogP contribution >= 0.6 is 18.9 Å². The van der Waals surface area contributed by atoms with Crippen molar-refractivity contribution in [2.24, 2.45) is 17.6 Å². The molecule has 3 aliphatic heterocycles. The van der Waals surface area contributed by atoms with Crippen LogP contribution in [-0.2, 0) is 57.5 Å². The highest BCUT2D eigenvalue weighted by atomic mass is 32.1. The van der Waals surface area contributed by atoms with Gasteiger partial charge in [0.15, 0.2) is 0 Å². The van der Waals surface area contributed by atoms with Crippen LogP contribution in [0.2, 0.25) is 0 Å². The number of primary amides is 1. The number of hydrogen-bond acceptors (Lipinski definition) is 14. The van der Waals surface area contributed by atoms with E-state index in [1.165, 1.54) is 31.4 Å². The summed E-state index contributed by atoms with van der Waals surface area (Å²) >= 11 is 1.08. The lowest BCUT2D eigenvalue weighted by atomic mass is 9.99. The molecule has 16 nitrogen and oxygen atoms in total. The molecule has 0 bridgehead atoms. The number of carbonyl (C=O) groups excluding carboxylic acids is 6. The van der Waals surface area contributed by atoms with E-state index in [2.05, 4.69) is 23.5 Å². The number of halogens is 2. The first kappa shape index (κ1) is 58.1. The number of unbranched alkanes of at least 4 members (excludes halogenated alkanes) is 1. The third-order valence-corrected chi connectivity index (χ3v) is 13.0. The van der Waals surface area contributed by atoms with Crippen molar-refractivity contribution in [1.29, 1.82) is 0 Å². The molecule has 0 aliphatic carbocycles. The minimum atomic E-state index is -4.91. The Balaban J connectivity index is 0.000000507. The van der Waals surface area contributed by atoms with Crippen molar-refractivity contribution in [1.82, 2.24) is 14.7 Å². The number of fused-ring (bicyclic) bond motifs is 1. The number of rotatable bonds is 20. The Labute approximate surface area is 381 Å². The second-order valence-corrected chi connectivity index (χ2v) is 18.6. The summed E-state index contributed by atoms with van der Waals surface area (Å²) in [5.74, 6) is 0.523. The number of nitrogens with two attached hydrogens (primary N) is 1. The topological polar surface area (TPSA) is 201 Å². The predicted molar refractivity (Wildman–Crippen MR) is 242 cm³/mol. The SMILES string of the molecule is C=O.CC(C)CCCC(=O)N1CCCC1.CCCCOP(=O)(OCCCC(=O)OCC)C(F)(F)c1ccc2sc(C(N)=O)cc2c1.CCOC=O.CN1CC(C(=O)N2CCOCC2)C1. The summed E-state index contributed by atoms with van der Waals surface area (Å²) in [6.07, 6.45) is 6.51. The summed E-state index contributed by atoms with van der Waals surface area (Å²) in [5.41, 5.74) is 0.760. The number of nitrogens with zero attached hydrogens (tertiary/aromatic N) is 3. The number of morpholine rings is 1. The molecule has 1 aromatic carbocycles. The molecule has 3 fully saturated rings. The second kappa shape index (κ2) is 31.9. The first-order valence-electron chi connectivity index (χ1n) is 22.0. The Morgan fingerprint density at radius 1 is 0.938 bits per heavy atom. The van der Waals surface area contributed by atoms with Crippen molar-refractivity contribution >= 4 is 66.0 Å². The van der Waals surface area contributed by atoms with Gasteiger partial charge in [0.25, 0.3) is 12.4 Å². The van der Waals surface area contributed by atoms with Crippen molar-refractivity contribution < 1.29 is 65.4 Å². The molecule has 20 heteroatoms. The highest BCUT2D eigenvalue weighted by Gasteiger charge is 2.55. The molecule has 2 N–H and O–H groups in total. The molecule has 1 unspecified atom stereocenters. The van der Waals surface area contributed by atoms with Gasteiger partial charge in [0.2, 0.25) is 11.8 Å². The maximum atomic E-state index is 15.3. The van der Waals surface area contributed by atoms with E-state index in [1.807, 2.05) is 30.6 Å². The maximum Gasteiger partial charge on any atom is 0.404 e. The molecule has 0 saturated carbocycles. The van der Waals surface area contributed by atoms with Gasteiger partial charge in [-0.1, -0.05) is 39.7 Å². The van der Waals surface area contributed by atoms with Crippen molar-refractivity contribution in [3.8, 4) is 0 Å². The summed E-state index contributed by atoms with van der Waals surface area (Å²) in [4.78, 5) is 69.6. The van der Waals surface area contributed by atoms with Gasteiger partial charge in [-0.15, -0.1) is 11.3 Å². The Bertz CT molecular complexity index is 1730. The van der Waals surface area contributed by atoms with Crippen LogP contribution in [0.15, 0.2) is 24.3 Å². The molecule has 3 saturated heterocycles. The maximum absolute atomic E-state index is 15.3. The minimum absolute atomic E-state index is 0.0505. The third kappa shape index (κ3) is 20.5. The fraction of sp³-hybridized carbons (Fsp3) is 0.682. The summed E-state index contributed by atoms with van der Waals surface area (Å²) < 4.78 is 68.7. The van der Waals surface area contributed by atoms with Crippen LogP contribution in [0.3, 0.4) is 0 Å². The number of amides is 3. The van der Waals surface area contributed by atoms with E-state index in [9.17, 15) is 28.5 Å². The molecule has 2 aromatic rings. The Morgan fingerprint density at radius 2 is 1.56 bits per heavy atom. The molecule has 3 amide bonds. The number of likely N-dealkylation sites (tertiary alicyclic amines) is 2. The first-order valence-corrected chi connectivity index (χ1v) is 24.3. The molecule has 1 aromatic heterocycles. The molecule has 3 aliphatic rings. The quantitative estimate of drug-likeness (QED) is 0.0603. The number of hydrogen-bond donors (Lipinski definition) is 1. The van der Waals surface area contributed by atoms with Gasteiger partial charge in [0.1, 0.15) is 6.79 Å². The molecule has 4 heterocycles. The second-order valence-electron chi connectivity index (χ2n) is 15.5. The van der Waals surface area contributed by atoms with Gasteiger partial charge in [0, 0.05) is 62.4 Å². The van der Waals surface area contributed by atoms with Gasteiger partial charge in [0.05, 0.1) is 50.4 Å². The van der Waals surface area contributed by atoms with Crippen molar-refractivity contribution in [3.63, 3.8) is 0 Å². The van der Waals surface area contributed by atoms with E-state index in [4.69, 9.17) is 29.0 Å². The number of ether oxygens (including phenoxy) is 3. The lowest BCUT2D eigenvalue weighted by Gasteiger charge is -2.39. The summed E-state index contributed by atoms with van der Waals surface area (Å²) in [5, 5.41) is 0.374. The Hall–Kier alpha value is -3.87. The number of carbonyl (C=O) groups is 6. The average Bonchev–Trinajstić information content (AvgIpc) is 3.97. The highest BCUT2D eigenvalue weighted by Crippen LogP contribution is 2.67. The van der Waals surface area contributed by atoms with Gasteiger partial charge in [-0.2, -0.15) is 8.78 Å². The standard InChI is InChI=1S/C20H26F2NO6PS.C11H21NO.C9H16N2O2.C3H6O2.CH2O/c1-3-5-10-28-30(26,29-11-6-7-18(24)27-4-2)20(21,22)15-8-9-16-14(12-15)13-17(31-16)19(23)25;1-10(2)6-5-7-11(13)12-8-3-4-9-12;1-10-6-8(7-10)9(12)11-2-4-13-5-3-11;1-2-5-3-4;1-2/h8-9,12-13H,3-7,10-11H2,1-2H3,(H2,23,25);10H,3-9H2,1-2H3;8H,2-7H2,1H3;3H,2H2,1H3;1H2. The average molecular weight is 949 g/mol. The van der Waals surface area contributed by atoms with Crippen molar-refractivity contribution in [2.75, 3.05) is 86.0 Å². The smallest absolute Gasteiger partial charge is 0.404 e. The van der Waals surface area contributed by atoms with E-state index in [-0.39, 0.29) is 43.5 Å². The van der Waals surface area contributed by atoms with Crippen LogP contribution in [0, 0.1) is 11.8 Å². The zero-order valence-corrected chi connectivity index (χ0v) is 40.2. The van der Waals surface area contributed by atoms with Crippen LogP contribution < -0.4 is 5.73 Å². The molecule has 5 rings (SSSR count). The molecule has 1 atom stereocenters. The van der Waals surface area contributed by atoms with Crippen LogP contribution in [-0.4, -0.2) is 138 Å². The predicted octanol–water partition coefficient (Wildman–Crippen LogP) is 7.26. The lowest BCUT2D eigenvalue weighted by molar-refractivity contribution is -0.144. The largest absolute Gasteiger partial charge is 0.468 e. The molecule has 0 radical (unpaired) electrons. The summed E-state index contributed by atoms with van der Waals surface area (Å²) in [6.45, 7) is 19.1. The molecular weight excluding hydrogens is 878 g/mol. The van der Waals surface area contributed by atoms with Gasteiger partial charge < -0.3 is 48.5 Å². The molecule has 64 heavy (non-hydrogen) atoms. The van der Waals surface area contributed by atoms with Gasteiger partial charge >= 0.3 is 19.2 Å². The Kier molecular flexibility index (Phi) is 29.0. The van der Waals surface area contributed by atoms with Gasteiger partial charge in [-0.3, -0.25) is 28.5 Å². The first-order chi connectivity index (χ1) is 30.5. The fourth-order valence-corrected chi connectivity index (χ4v) is 8.91. The lowest BCUT2D eigenvalue weighted by Crippen LogP contribution is -2.54. The summed E-state index contributed by atoms with van der Waals surface area (Å²) in [6, 6.07) is 5.09. The molecule has 364 valence electrons. The number of thiophene rings is 1. The van der Waals surface area contributed by atoms with E-state index in [0.717, 1.165) is 81.5 Å². The van der Waals surface area contributed by atoms with Crippen molar-refractivity contribution in [3.05, 3.63) is 34.7 Å². The third-order valence-electron chi connectivity index (χ3n) is 9.90. The minimum Gasteiger partial charge on any atom is -0.468 e. The van der Waals surface area contributed by atoms with Crippen LogP contribution in [0.4, 0.5) is 8.78 Å².